The van der Waals surface area contributed by atoms with Crippen LogP contribution in [0, 0.1) is 17.8 Å². The molecule has 0 aromatic heterocycles. The van der Waals surface area contributed by atoms with E-state index in [9.17, 15) is 0 Å². The second-order valence-corrected chi connectivity index (χ2v) is 10.3. The number of likely N-dealkylation sites (tertiary alicyclic amines) is 1. The van der Waals surface area contributed by atoms with Crippen LogP contribution in [0.15, 0.2) is 48.5 Å². The summed E-state index contributed by atoms with van der Waals surface area (Å²) in [5, 5.41) is 0. The number of rotatable bonds is 2. The second-order valence-electron chi connectivity index (χ2n) is 10.3. The normalized spacial score (nSPS) is 40.8. The number of hydrogen-bond acceptors (Lipinski definition) is 1. The van der Waals surface area contributed by atoms with Gasteiger partial charge in [-0.1, -0.05) is 55.0 Å². The van der Waals surface area contributed by atoms with E-state index >= 15 is 0 Å². The molecule has 0 amide bonds. The first-order valence-electron chi connectivity index (χ1n) is 11.2. The highest BCUT2D eigenvalue weighted by Crippen LogP contribution is 2.63. The summed E-state index contributed by atoms with van der Waals surface area (Å²) >= 11 is 0. The van der Waals surface area contributed by atoms with Crippen LogP contribution in [-0.4, -0.2) is 24.5 Å². The van der Waals surface area contributed by atoms with Crippen LogP contribution in [0.1, 0.15) is 66.2 Å². The van der Waals surface area contributed by atoms with E-state index in [0.29, 0.717) is 17.3 Å². The summed E-state index contributed by atoms with van der Waals surface area (Å²) in [6.45, 7) is 3.95. The van der Waals surface area contributed by atoms with Gasteiger partial charge in [0.1, 0.15) is 0 Å². The summed E-state index contributed by atoms with van der Waals surface area (Å²) in [6, 6.07) is 18.8. The lowest BCUT2D eigenvalue weighted by molar-refractivity contribution is 0.210. The fourth-order valence-corrected chi connectivity index (χ4v) is 8.21. The summed E-state index contributed by atoms with van der Waals surface area (Å²) in [5.74, 6) is 4.44. The Hall–Kier alpha value is -1.60. The third-order valence-corrected chi connectivity index (χ3v) is 9.18. The van der Waals surface area contributed by atoms with E-state index in [1.165, 1.54) is 45.3 Å². The lowest BCUT2D eigenvalue weighted by Crippen LogP contribution is -2.36. The van der Waals surface area contributed by atoms with Crippen LogP contribution in [0.2, 0.25) is 0 Å². The third kappa shape index (κ3) is 1.94. The summed E-state index contributed by atoms with van der Waals surface area (Å²) < 4.78 is 0. The fourth-order valence-electron chi connectivity index (χ4n) is 8.21. The summed E-state index contributed by atoms with van der Waals surface area (Å²) in [6.07, 6.45) is 7.46. The SMILES string of the molecule is c1ccc2c(c1)C1CC3(CN(CC4CC5CCC4C5)CC23)c2ccccc21. The molecular formula is C26H29N. The average molecular weight is 356 g/mol. The molecule has 27 heavy (non-hydrogen) atoms. The van der Waals surface area contributed by atoms with Crippen molar-refractivity contribution in [2.24, 2.45) is 17.8 Å². The van der Waals surface area contributed by atoms with E-state index in [4.69, 9.17) is 0 Å². The van der Waals surface area contributed by atoms with Gasteiger partial charge in [0.05, 0.1) is 0 Å². The smallest absolute Gasteiger partial charge is 0.0173 e. The maximum Gasteiger partial charge on any atom is 0.0173 e. The van der Waals surface area contributed by atoms with Crippen molar-refractivity contribution in [2.75, 3.05) is 19.6 Å². The molecule has 2 aromatic carbocycles. The minimum atomic E-state index is 0.382. The molecule has 1 heteroatoms. The average Bonchev–Trinajstić information content (AvgIpc) is 3.46. The predicted octanol–water partition coefficient (Wildman–Crippen LogP) is 5.31. The topological polar surface area (TPSA) is 3.24 Å². The first-order valence-corrected chi connectivity index (χ1v) is 11.2. The maximum atomic E-state index is 2.89. The quantitative estimate of drug-likeness (QED) is 0.706. The lowest BCUT2D eigenvalue weighted by atomic mass is 9.65. The zero-order chi connectivity index (χ0) is 17.6. The van der Waals surface area contributed by atoms with Gasteiger partial charge in [-0.15, -0.1) is 0 Å². The number of hydrogen-bond donors (Lipinski definition) is 0. The van der Waals surface area contributed by atoms with Crippen molar-refractivity contribution < 1.29 is 0 Å². The molecule has 6 unspecified atom stereocenters. The molecule has 138 valence electrons. The maximum absolute atomic E-state index is 2.89. The van der Waals surface area contributed by atoms with E-state index in [1.807, 2.05) is 0 Å². The molecule has 2 aromatic rings. The van der Waals surface area contributed by atoms with Gasteiger partial charge in [-0.2, -0.15) is 0 Å². The predicted molar refractivity (Wildman–Crippen MR) is 109 cm³/mol. The number of fused-ring (bicyclic) bond motifs is 5. The van der Waals surface area contributed by atoms with Gasteiger partial charge in [0.2, 0.25) is 0 Å². The molecular weight excluding hydrogens is 326 g/mol. The van der Waals surface area contributed by atoms with Gasteiger partial charge in [-0.25, -0.2) is 0 Å². The highest BCUT2D eigenvalue weighted by Gasteiger charge is 2.58. The molecule has 6 atom stereocenters. The van der Waals surface area contributed by atoms with Gasteiger partial charge in [-0.3, -0.25) is 0 Å². The van der Waals surface area contributed by atoms with Crippen molar-refractivity contribution in [3.8, 4) is 0 Å². The van der Waals surface area contributed by atoms with E-state index in [0.717, 1.165) is 17.8 Å². The molecule has 1 heterocycles. The standard InChI is InChI=1S/C26H29N/c1-2-6-21-20(5-1)23-13-26(24-8-4-3-7-22(23)24)16-27(15-25(21)26)14-19-12-17-9-10-18(19)11-17/h1-8,17-19,23,25H,9-16H2. The molecule has 0 radical (unpaired) electrons. The highest BCUT2D eigenvalue weighted by atomic mass is 15.2. The molecule has 5 aliphatic rings. The summed E-state index contributed by atoms with van der Waals surface area (Å²) in [5.41, 5.74) is 7.00. The molecule has 1 nitrogen and oxygen atoms in total. The number of nitrogens with zero attached hydrogens (tertiary/aromatic N) is 1. The third-order valence-electron chi connectivity index (χ3n) is 9.18. The first-order chi connectivity index (χ1) is 13.3. The Morgan fingerprint density at radius 1 is 0.889 bits per heavy atom. The van der Waals surface area contributed by atoms with Gasteiger partial charge in [0, 0.05) is 36.9 Å². The van der Waals surface area contributed by atoms with Crippen LogP contribution < -0.4 is 0 Å². The molecule has 1 spiro atoms. The molecule has 0 N–H and O–H groups in total. The monoisotopic (exact) mass is 355 g/mol. The van der Waals surface area contributed by atoms with Crippen molar-refractivity contribution in [1.82, 2.24) is 4.90 Å². The van der Waals surface area contributed by atoms with Gasteiger partial charge in [-0.05, 0) is 65.7 Å². The molecule has 2 saturated carbocycles. The van der Waals surface area contributed by atoms with Gasteiger partial charge in [0.25, 0.3) is 0 Å². The van der Waals surface area contributed by atoms with Crippen LogP contribution in [0.3, 0.4) is 0 Å². The Balaban J connectivity index is 1.29. The van der Waals surface area contributed by atoms with Crippen LogP contribution in [0.25, 0.3) is 0 Å². The highest BCUT2D eigenvalue weighted by molar-refractivity contribution is 5.58. The van der Waals surface area contributed by atoms with E-state index in [2.05, 4.69) is 53.4 Å². The van der Waals surface area contributed by atoms with Gasteiger partial charge in [0.15, 0.2) is 0 Å². The minimum absolute atomic E-state index is 0.382. The van der Waals surface area contributed by atoms with Crippen LogP contribution in [-0.2, 0) is 5.41 Å². The van der Waals surface area contributed by atoms with Crippen molar-refractivity contribution in [3.05, 3.63) is 70.8 Å². The van der Waals surface area contributed by atoms with E-state index in [1.54, 1.807) is 28.7 Å². The van der Waals surface area contributed by atoms with E-state index in [-0.39, 0.29) is 0 Å². The molecule has 1 saturated heterocycles. The number of benzene rings is 2. The second kappa shape index (κ2) is 5.26. The Morgan fingerprint density at radius 2 is 1.70 bits per heavy atom. The molecule has 7 rings (SSSR count). The lowest BCUT2D eigenvalue weighted by Gasteiger charge is -2.37. The molecule has 4 bridgehead atoms. The summed E-state index contributed by atoms with van der Waals surface area (Å²) in [4.78, 5) is 2.89. The Labute approximate surface area is 162 Å². The van der Waals surface area contributed by atoms with Gasteiger partial charge >= 0.3 is 0 Å². The minimum Gasteiger partial charge on any atom is -0.301 e. The van der Waals surface area contributed by atoms with Crippen LogP contribution in [0.4, 0.5) is 0 Å². The Bertz CT molecular complexity index is 905. The molecule has 4 aliphatic carbocycles. The van der Waals surface area contributed by atoms with Crippen LogP contribution in [0.5, 0.6) is 0 Å². The zero-order valence-electron chi connectivity index (χ0n) is 16.1. The fraction of sp³-hybridized carbons (Fsp3) is 0.538. The van der Waals surface area contributed by atoms with Crippen molar-refractivity contribution in [1.29, 1.82) is 0 Å². The van der Waals surface area contributed by atoms with Crippen molar-refractivity contribution in [3.63, 3.8) is 0 Å². The molecule has 3 fully saturated rings. The van der Waals surface area contributed by atoms with Crippen molar-refractivity contribution >= 4 is 0 Å². The zero-order valence-corrected chi connectivity index (χ0v) is 16.1. The van der Waals surface area contributed by atoms with Gasteiger partial charge < -0.3 is 4.90 Å². The van der Waals surface area contributed by atoms with Crippen molar-refractivity contribution in [2.45, 2.75) is 49.4 Å². The Kier molecular flexibility index (Phi) is 2.99. The van der Waals surface area contributed by atoms with Crippen LogP contribution >= 0.6 is 0 Å². The van der Waals surface area contributed by atoms with E-state index < -0.39 is 0 Å². The Morgan fingerprint density at radius 3 is 2.52 bits per heavy atom. The summed E-state index contributed by atoms with van der Waals surface area (Å²) in [7, 11) is 0. The largest absolute Gasteiger partial charge is 0.301 e. The first kappa shape index (κ1) is 15.3. The molecule has 1 aliphatic heterocycles.